The van der Waals surface area contributed by atoms with Gasteiger partial charge in [-0.05, 0) is 62.6 Å². The number of hydrogen-bond donors (Lipinski definition) is 1. The Hall–Kier alpha value is -2.89. The molecule has 2 aromatic carbocycles. The van der Waals surface area contributed by atoms with Gasteiger partial charge in [0.2, 0.25) is 0 Å². The summed E-state index contributed by atoms with van der Waals surface area (Å²) in [5.74, 6) is -0.648. The molecule has 140 valence electrons. The van der Waals surface area contributed by atoms with Gasteiger partial charge in [0.15, 0.2) is 0 Å². The predicted octanol–water partition coefficient (Wildman–Crippen LogP) is 3.79. The number of rotatable bonds is 3. The molecular formula is C21H22FN3O2. The highest BCUT2D eigenvalue weighted by Gasteiger charge is 2.39. The third-order valence-electron chi connectivity index (χ3n) is 5.41. The lowest BCUT2D eigenvalue weighted by Gasteiger charge is -2.41. The Balaban J connectivity index is 1.65. The van der Waals surface area contributed by atoms with Gasteiger partial charge < -0.3 is 15.1 Å². The average Bonchev–Trinajstić information content (AvgIpc) is 3.15. The second-order valence-electron chi connectivity index (χ2n) is 7.06. The van der Waals surface area contributed by atoms with Crippen molar-refractivity contribution in [2.24, 2.45) is 0 Å². The second-order valence-corrected chi connectivity index (χ2v) is 7.06. The molecule has 1 saturated heterocycles. The van der Waals surface area contributed by atoms with E-state index in [2.05, 4.69) is 17.1 Å². The van der Waals surface area contributed by atoms with Crippen molar-refractivity contribution in [3.05, 3.63) is 58.9 Å². The van der Waals surface area contributed by atoms with Crippen molar-refractivity contribution < 1.29 is 14.0 Å². The van der Waals surface area contributed by atoms with Crippen LogP contribution in [-0.4, -0.2) is 36.0 Å². The van der Waals surface area contributed by atoms with Crippen LogP contribution in [0.15, 0.2) is 36.4 Å². The summed E-state index contributed by atoms with van der Waals surface area (Å²) in [7, 11) is 0. The molecular weight excluding hydrogens is 345 g/mol. The van der Waals surface area contributed by atoms with Crippen molar-refractivity contribution >= 4 is 23.2 Å². The van der Waals surface area contributed by atoms with Crippen LogP contribution < -0.4 is 10.2 Å². The number of aryl methyl sites for hydroxylation is 1. The zero-order valence-corrected chi connectivity index (χ0v) is 15.5. The van der Waals surface area contributed by atoms with E-state index in [-0.39, 0.29) is 23.8 Å². The summed E-state index contributed by atoms with van der Waals surface area (Å²) in [5.41, 5.74) is 2.82. The number of carbonyl (C=O) groups is 2. The Morgan fingerprint density at radius 1 is 1.26 bits per heavy atom. The molecule has 0 unspecified atom stereocenters. The quantitative estimate of drug-likeness (QED) is 0.898. The lowest BCUT2D eigenvalue weighted by molar-refractivity contribution is 0.0715. The van der Waals surface area contributed by atoms with Gasteiger partial charge in [0.25, 0.3) is 11.8 Å². The van der Waals surface area contributed by atoms with E-state index in [1.165, 1.54) is 6.07 Å². The number of amides is 2. The maximum atomic E-state index is 13.7. The fourth-order valence-electron chi connectivity index (χ4n) is 3.97. The van der Waals surface area contributed by atoms with Crippen LogP contribution in [0.25, 0.3) is 0 Å². The molecule has 6 heteroatoms. The minimum atomic E-state index is -0.359. The lowest BCUT2D eigenvalue weighted by atomic mass is 10.0. The molecule has 27 heavy (non-hydrogen) atoms. The minimum absolute atomic E-state index is 0.0322. The standard InChI is InChI=1S/C21H22FN3O2/c1-3-24-18-11-14(20(26)23-15-8-6-13(2)17(22)12-15)7-9-16(18)21(27)25-10-4-5-19(24)25/h6-9,11-12,19H,3-5,10H2,1-2H3,(H,23,26)/t19-/m1/s1. The molecule has 2 aromatic rings. The van der Waals surface area contributed by atoms with Crippen LogP contribution in [0.3, 0.4) is 0 Å². The highest BCUT2D eigenvalue weighted by molar-refractivity contribution is 6.08. The largest absolute Gasteiger partial charge is 0.351 e. The second kappa shape index (κ2) is 6.68. The highest BCUT2D eigenvalue weighted by Crippen LogP contribution is 2.36. The number of nitrogens with zero attached hydrogens (tertiary/aromatic N) is 2. The Labute approximate surface area is 157 Å². The first-order valence-corrected chi connectivity index (χ1v) is 9.28. The van der Waals surface area contributed by atoms with Gasteiger partial charge in [0, 0.05) is 24.3 Å². The van der Waals surface area contributed by atoms with Gasteiger partial charge in [-0.2, -0.15) is 0 Å². The molecule has 2 heterocycles. The number of fused-ring (bicyclic) bond motifs is 2. The van der Waals surface area contributed by atoms with Crippen LogP contribution in [0.5, 0.6) is 0 Å². The molecule has 5 nitrogen and oxygen atoms in total. The van der Waals surface area contributed by atoms with Crippen molar-refractivity contribution in [3.8, 4) is 0 Å². The molecule has 0 spiro atoms. The Morgan fingerprint density at radius 3 is 2.81 bits per heavy atom. The third kappa shape index (κ3) is 2.95. The number of hydrogen-bond acceptors (Lipinski definition) is 3. The van der Waals surface area contributed by atoms with E-state index in [0.29, 0.717) is 22.4 Å². The van der Waals surface area contributed by atoms with E-state index in [0.717, 1.165) is 31.6 Å². The fourth-order valence-corrected chi connectivity index (χ4v) is 3.97. The molecule has 0 aromatic heterocycles. The van der Waals surface area contributed by atoms with Crippen molar-refractivity contribution in [2.75, 3.05) is 23.3 Å². The molecule has 1 atom stereocenters. The van der Waals surface area contributed by atoms with Gasteiger partial charge in [-0.3, -0.25) is 9.59 Å². The molecule has 0 saturated carbocycles. The summed E-state index contributed by atoms with van der Waals surface area (Å²) in [6.07, 6.45) is 2.00. The van der Waals surface area contributed by atoms with Crippen molar-refractivity contribution in [2.45, 2.75) is 32.9 Å². The summed E-state index contributed by atoms with van der Waals surface area (Å²) in [6, 6.07) is 9.76. The summed E-state index contributed by atoms with van der Waals surface area (Å²) in [5, 5.41) is 2.73. The van der Waals surface area contributed by atoms with E-state index in [1.54, 1.807) is 37.3 Å². The van der Waals surface area contributed by atoms with E-state index >= 15 is 0 Å². The SMILES string of the molecule is CCN1c2cc(C(=O)Nc3ccc(C)c(F)c3)ccc2C(=O)N2CCC[C@@H]21. The first kappa shape index (κ1) is 17.5. The Bertz CT molecular complexity index is 928. The Morgan fingerprint density at radius 2 is 2.07 bits per heavy atom. The molecule has 1 fully saturated rings. The topological polar surface area (TPSA) is 52.7 Å². The van der Waals surface area contributed by atoms with Crippen LogP contribution in [0.4, 0.5) is 15.8 Å². The van der Waals surface area contributed by atoms with Crippen LogP contribution in [-0.2, 0) is 0 Å². The molecule has 4 rings (SSSR count). The number of anilines is 2. The predicted molar refractivity (Wildman–Crippen MR) is 103 cm³/mol. The van der Waals surface area contributed by atoms with Crippen molar-refractivity contribution in [3.63, 3.8) is 0 Å². The van der Waals surface area contributed by atoms with Crippen molar-refractivity contribution in [1.82, 2.24) is 4.90 Å². The van der Waals surface area contributed by atoms with Crippen LogP contribution >= 0.6 is 0 Å². The number of carbonyl (C=O) groups excluding carboxylic acids is 2. The van der Waals surface area contributed by atoms with Crippen LogP contribution in [0, 0.1) is 12.7 Å². The van der Waals surface area contributed by atoms with E-state index < -0.39 is 0 Å². The van der Waals surface area contributed by atoms with E-state index in [9.17, 15) is 14.0 Å². The third-order valence-corrected chi connectivity index (χ3v) is 5.41. The molecule has 2 aliphatic heterocycles. The maximum absolute atomic E-state index is 13.7. The normalized spacial score (nSPS) is 18.3. The fraction of sp³-hybridized carbons (Fsp3) is 0.333. The van der Waals surface area contributed by atoms with Gasteiger partial charge in [0.05, 0.1) is 11.3 Å². The van der Waals surface area contributed by atoms with Crippen LogP contribution in [0.2, 0.25) is 0 Å². The first-order chi connectivity index (χ1) is 13.0. The number of nitrogens with one attached hydrogen (secondary N) is 1. The first-order valence-electron chi connectivity index (χ1n) is 9.28. The smallest absolute Gasteiger partial charge is 0.257 e. The van der Waals surface area contributed by atoms with E-state index in [4.69, 9.17) is 0 Å². The molecule has 0 bridgehead atoms. The Kier molecular flexibility index (Phi) is 4.34. The highest BCUT2D eigenvalue weighted by atomic mass is 19.1. The summed E-state index contributed by atoms with van der Waals surface area (Å²) < 4.78 is 13.7. The van der Waals surface area contributed by atoms with Gasteiger partial charge in [0.1, 0.15) is 12.0 Å². The molecule has 2 amide bonds. The van der Waals surface area contributed by atoms with Crippen LogP contribution in [0.1, 0.15) is 46.0 Å². The monoisotopic (exact) mass is 367 g/mol. The maximum Gasteiger partial charge on any atom is 0.257 e. The molecule has 0 aliphatic carbocycles. The lowest BCUT2D eigenvalue weighted by Crippen LogP contribution is -2.52. The molecule has 2 aliphatic rings. The zero-order valence-electron chi connectivity index (χ0n) is 15.5. The van der Waals surface area contributed by atoms with Gasteiger partial charge >= 0.3 is 0 Å². The summed E-state index contributed by atoms with van der Waals surface area (Å²) in [6.45, 7) is 5.27. The number of halogens is 1. The van der Waals surface area contributed by atoms with Gasteiger partial charge in [-0.1, -0.05) is 6.07 Å². The summed E-state index contributed by atoms with van der Waals surface area (Å²) in [4.78, 5) is 29.5. The average molecular weight is 367 g/mol. The van der Waals surface area contributed by atoms with Gasteiger partial charge in [-0.15, -0.1) is 0 Å². The van der Waals surface area contributed by atoms with Crippen molar-refractivity contribution in [1.29, 1.82) is 0 Å². The summed E-state index contributed by atoms with van der Waals surface area (Å²) >= 11 is 0. The van der Waals surface area contributed by atoms with E-state index in [1.807, 2.05) is 4.90 Å². The zero-order chi connectivity index (χ0) is 19.1. The molecule has 1 N–H and O–H groups in total. The van der Waals surface area contributed by atoms with Gasteiger partial charge in [-0.25, -0.2) is 4.39 Å². The minimum Gasteiger partial charge on any atom is -0.351 e. The number of benzene rings is 2. The molecule has 0 radical (unpaired) electrons.